The van der Waals surface area contributed by atoms with Crippen LogP contribution in [0.3, 0.4) is 0 Å². The molecule has 1 aliphatic rings. The van der Waals surface area contributed by atoms with Crippen LogP contribution in [-0.2, 0) is 19.1 Å². The van der Waals surface area contributed by atoms with E-state index in [9.17, 15) is 18.8 Å². The molecular weight excluding hydrogens is 393 g/mol. The molecule has 1 aliphatic heterocycles. The van der Waals surface area contributed by atoms with Crippen molar-refractivity contribution in [1.82, 2.24) is 10.2 Å². The first-order chi connectivity index (χ1) is 14.2. The molecule has 2 amide bonds. The summed E-state index contributed by atoms with van der Waals surface area (Å²) < 4.78 is 24.0. The van der Waals surface area contributed by atoms with Crippen LogP contribution in [0.15, 0.2) is 24.3 Å². The van der Waals surface area contributed by atoms with Crippen molar-refractivity contribution in [2.75, 3.05) is 44.2 Å². The van der Waals surface area contributed by atoms with Crippen LogP contribution in [0.4, 0.5) is 14.9 Å². The van der Waals surface area contributed by atoms with E-state index < -0.39 is 17.7 Å². The number of nitrogens with one attached hydrogen (secondary N) is 1. The second kappa shape index (κ2) is 10.8. The zero-order valence-electron chi connectivity index (χ0n) is 17.8. The minimum Gasteiger partial charge on any atom is -0.456 e. The van der Waals surface area contributed by atoms with Crippen molar-refractivity contribution in [2.45, 2.75) is 39.2 Å². The van der Waals surface area contributed by atoms with Crippen molar-refractivity contribution in [1.29, 1.82) is 0 Å². The summed E-state index contributed by atoms with van der Waals surface area (Å²) in [7, 11) is 0. The molecule has 1 aromatic carbocycles. The van der Waals surface area contributed by atoms with Crippen LogP contribution in [0.5, 0.6) is 0 Å². The monoisotopic (exact) mass is 423 g/mol. The summed E-state index contributed by atoms with van der Waals surface area (Å²) in [5.74, 6) is -1.06. The van der Waals surface area contributed by atoms with Gasteiger partial charge in [0.15, 0.2) is 6.61 Å². The maximum absolute atomic E-state index is 13.9. The minimum atomic E-state index is -0.579. The first kappa shape index (κ1) is 23.4. The molecule has 0 aromatic heterocycles. The van der Waals surface area contributed by atoms with Gasteiger partial charge in [-0.15, -0.1) is 0 Å². The molecule has 1 N–H and O–H groups in total. The number of carbonyl (C=O) groups excluding carboxylic acids is 3. The van der Waals surface area contributed by atoms with E-state index in [0.717, 1.165) is 0 Å². The van der Waals surface area contributed by atoms with Crippen molar-refractivity contribution in [2.24, 2.45) is 0 Å². The number of ether oxygens (including phenoxy) is 2. The maximum atomic E-state index is 13.9. The fraction of sp³-hybridized carbons (Fsp3) is 0.571. The van der Waals surface area contributed by atoms with Gasteiger partial charge in [-0.2, -0.15) is 0 Å². The molecule has 0 atom stereocenters. The maximum Gasteiger partial charge on any atom is 0.407 e. The van der Waals surface area contributed by atoms with Gasteiger partial charge in [0.25, 0.3) is 5.91 Å². The van der Waals surface area contributed by atoms with Crippen LogP contribution in [0, 0.1) is 5.82 Å². The lowest BCUT2D eigenvalue weighted by Crippen LogP contribution is -2.50. The highest BCUT2D eigenvalue weighted by atomic mass is 19.1. The Morgan fingerprint density at radius 2 is 1.77 bits per heavy atom. The van der Waals surface area contributed by atoms with Crippen molar-refractivity contribution in [3.05, 3.63) is 30.1 Å². The quantitative estimate of drug-likeness (QED) is 0.535. The molecule has 8 nitrogen and oxygen atoms in total. The van der Waals surface area contributed by atoms with E-state index in [0.29, 0.717) is 38.3 Å². The third kappa shape index (κ3) is 7.88. The number of anilines is 1. The van der Waals surface area contributed by atoms with Crippen molar-refractivity contribution < 1.29 is 28.2 Å². The Balaban J connectivity index is 1.61. The van der Waals surface area contributed by atoms with Gasteiger partial charge in [0.1, 0.15) is 11.4 Å². The number of esters is 1. The highest BCUT2D eigenvalue weighted by Gasteiger charge is 2.23. The predicted octanol–water partition coefficient (Wildman–Crippen LogP) is 2.32. The number of nitrogens with zero attached hydrogens (tertiary/aromatic N) is 2. The summed E-state index contributed by atoms with van der Waals surface area (Å²) in [6.45, 7) is 7.14. The van der Waals surface area contributed by atoms with Crippen LogP contribution in [0.25, 0.3) is 0 Å². The van der Waals surface area contributed by atoms with Crippen molar-refractivity contribution in [3.63, 3.8) is 0 Å². The number of piperazine rings is 1. The fourth-order valence-electron chi connectivity index (χ4n) is 2.95. The standard InChI is InChI=1S/C21H30FN3O5/c1-21(2,3)30-20(28)23-10-6-9-19(27)29-15-18(26)25-13-11-24(12-14-25)17-8-5-4-7-16(17)22/h4-5,7-8H,6,9-15H2,1-3H3,(H,23,28). The molecular formula is C21H30FN3O5. The van der Waals surface area contributed by atoms with Crippen LogP contribution < -0.4 is 10.2 Å². The van der Waals surface area contributed by atoms with Gasteiger partial charge in [0.05, 0.1) is 5.69 Å². The summed E-state index contributed by atoms with van der Waals surface area (Å²) in [6.07, 6.45) is -0.0712. The molecule has 0 saturated carbocycles. The zero-order chi connectivity index (χ0) is 22.1. The highest BCUT2D eigenvalue weighted by molar-refractivity contribution is 5.81. The fourth-order valence-corrected chi connectivity index (χ4v) is 2.95. The number of carbonyl (C=O) groups is 3. The van der Waals surface area contributed by atoms with Gasteiger partial charge in [-0.1, -0.05) is 12.1 Å². The molecule has 166 valence electrons. The highest BCUT2D eigenvalue weighted by Crippen LogP contribution is 2.20. The molecule has 1 fully saturated rings. The molecule has 30 heavy (non-hydrogen) atoms. The first-order valence-electron chi connectivity index (χ1n) is 10.1. The molecule has 1 saturated heterocycles. The predicted molar refractivity (Wildman–Crippen MR) is 110 cm³/mol. The zero-order valence-corrected chi connectivity index (χ0v) is 17.8. The molecule has 0 spiro atoms. The van der Waals surface area contributed by atoms with Crippen LogP contribution in [0.2, 0.25) is 0 Å². The van der Waals surface area contributed by atoms with E-state index in [4.69, 9.17) is 9.47 Å². The molecule has 0 bridgehead atoms. The molecule has 0 unspecified atom stereocenters. The van der Waals surface area contributed by atoms with Crippen molar-refractivity contribution in [3.8, 4) is 0 Å². The lowest BCUT2D eigenvalue weighted by molar-refractivity contribution is -0.152. The van der Waals surface area contributed by atoms with Crippen LogP contribution >= 0.6 is 0 Å². The van der Waals surface area contributed by atoms with Crippen molar-refractivity contribution >= 4 is 23.7 Å². The van der Waals surface area contributed by atoms with Gasteiger partial charge < -0.3 is 24.6 Å². The average molecular weight is 423 g/mol. The summed E-state index contributed by atoms with van der Waals surface area (Å²) in [4.78, 5) is 39.0. The smallest absolute Gasteiger partial charge is 0.407 e. The van der Waals surface area contributed by atoms with Gasteiger partial charge >= 0.3 is 12.1 Å². The SMILES string of the molecule is CC(C)(C)OC(=O)NCCCC(=O)OCC(=O)N1CCN(c2ccccc2F)CC1. The van der Waals surface area contributed by atoms with Crippen LogP contribution in [-0.4, -0.2) is 67.8 Å². The molecule has 0 aliphatic carbocycles. The summed E-state index contributed by atoms with van der Waals surface area (Å²) in [5.41, 5.74) is -0.0552. The van der Waals surface area contributed by atoms with Gasteiger partial charge in [-0.05, 0) is 39.3 Å². The van der Waals surface area contributed by atoms with E-state index >= 15 is 0 Å². The minimum absolute atomic E-state index is 0.0874. The molecule has 2 rings (SSSR count). The lowest BCUT2D eigenvalue weighted by Gasteiger charge is -2.36. The van der Waals surface area contributed by atoms with Crippen LogP contribution in [0.1, 0.15) is 33.6 Å². The number of halogens is 1. The Kier molecular flexibility index (Phi) is 8.44. The van der Waals surface area contributed by atoms with Gasteiger partial charge in [-0.25, -0.2) is 9.18 Å². The molecule has 9 heteroatoms. The number of amides is 2. The second-order valence-electron chi connectivity index (χ2n) is 8.01. The van der Waals surface area contributed by atoms with E-state index in [1.165, 1.54) is 6.07 Å². The van der Waals surface area contributed by atoms with E-state index in [1.54, 1.807) is 43.9 Å². The third-order valence-electron chi connectivity index (χ3n) is 4.41. The Labute approximate surface area is 176 Å². The summed E-state index contributed by atoms with van der Waals surface area (Å²) >= 11 is 0. The summed E-state index contributed by atoms with van der Waals surface area (Å²) in [5, 5.41) is 2.56. The Morgan fingerprint density at radius 3 is 2.40 bits per heavy atom. The number of rotatable bonds is 7. The topological polar surface area (TPSA) is 88.2 Å². The number of benzene rings is 1. The van der Waals surface area contributed by atoms with E-state index in [2.05, 4.69) is 5.32 Å². The number of alkyl carbamates (subject to hydrolysis) is 1. The lowest BCUT2D eigenvalue weighted by atomic mass is 10.2. The molecule has 1 aromatic rings. The van der Waals surface area contributed by atoms with Gasteiger partial charge in [-0.3, -0.25) is 9.59 Å². The van der Waals surface area contributed by atoms with E-state index in [1.807, 2.05) is 4.90 Å². The second-order valence-corrected chi connectivity index (χ2v) is 8.01. The largest absolute Gasteiger partial charge is 0.456 e. The number of hydrogen-bond acceptors (Lipinski definition) is 6. The normalized spacial score (nSPS) is 14.3. The number of para-hydroxylation sites is 1. The van der Waals surface area contributed by atoms with Gasteiger partial charge in [0.2, 0.25) is 0 Å². The summed E-state index contributed by atoms with van der Waals surface area (Å²) in [6, 6.07) is 6.54. The number of hydrogen-bond donors (Lipinski definition) is 1. The van der Waals surface area contributed by atoms with Gasteiger partial charge in [0, 0.05) is 39.1 Å². The third-order valence-corrected chi connectivity index (χ3v) is 4.41. The first-order valence-corrected chi connectivity index (χ1v) is 10.1. The Bertz CT molecular complexity index is 742. The average Bonchev–Trinajstić information content (AvgIpc) is 2.68. The molecule has 0 radical (unpaired) electrons. The van der Waals surface area contributed by atoms with E-state index in [-0.39, 0.29) is 31.3 Å². The Morgan fingerprint density at radius 1 is 1.10 bits per heavy atom. The Hall–Kier alpha value is -2.84. The molecule has 1 heterocycles.